The number of Topliss-reactive ketones (excluding diaryl/α,β-unsaturated/α-hetero) is 1. The van der Waals surface area contributed by atoms with Gasteiger partial charge >= 0.3 is 11.8 Å². The number of hydrazone groups is 1. The van der Waals surface area contributed by atoms with E-state index < -0.39 is 129 Å². The molecule has 8 rings (SSSR count). The van der Waals surface area contributed by atoms with Crippen LogP contribution < -0.4 is 25.6 Å². The first-order chi connectivity index (χ1) is 42.2. The van der Waals surface area contributed by atoms with Crippen LogP contribution in [0.3, 0.4) is 0 Å². The number of aromatic hydroxyl groups is 3. The molecule has 0 aliphatic carbocycles. The normalized spacial score (nSPS) is 25.5. The van der Waals surface area contributed by atoms with E-state index in [1.54, 1.807) is 50.9 Å². The highest BCUT2D eigenvalue weighted by atomic mass is 19.1. The Hall–Kier alpha value is -8.86. The van der Waals surface area contributed by atoms with E-state index in [1.807, 2.05) is 24.0 Å². The molecule has 4 aliphatic rings. The van der Waals surface area contributed by atoms with Gasteiger partial charge in [0, 0.05) is 74.2 Å². The Balaban J connectivity index is 1.22. The minimum Gasteiger partial charge on any atom is -0.507 e. The van der Waals surface area contributed by atoms with E-state index in [0.29, 0.717) is 18.5 Å². The van der Waals surface area contributed by atoms with Gasteiger partial charge in [-0.1, -0.05) is 94.5 Å². The number of rotatable bonds is 15. The minimum absolute atomic E-state index is 0.0251. The molecule has 0 radical (unpaired) electrons. The van der Waals surface area contributed by atoms with Gasteiger partial charge in [-0.3, -0.25) is 29.0 Å². The summed E-state index contributed by atoms with van der Waals surface area (Å²) in [5.74, 6) is -12.3. The van der Waals surface area contributed by atoms with Crippen LogP contribution in [0.25, 0.3) is 10.8 Å². The fourth-order valence-electron chi connectivity index (χ4n) is 11.3. The molecule has 0 saturated carbocycles. The monoisotopic (exact) mass is 1230 g/mol. The van der Waals surface area contributed by atoms with E-state index in [9.17, 15) is 53.9 Å². The molecule has 20 nitrogen and oxygen atoms in total. The number of nitrogens with one attached hydrogen (secondary N) is 3. The lowest BCUT2D eigenvalue weighted by Gasteiger charge is -2.38. The van der Waals surface area contributed by atoms with Crippen molar-refractivity contribution in [3.8, 4) is 23.0 Å². The number of anilines is 3. The number of benzene rings is 4. The maximum absolute atomic E-state index is 15.1. The Morgan fingerprint density at radius 1 is 0.921 bits per heavy atom. The fourth-order valence-corrected chi connectivity index (χ4v) is 11.3. The van der Waals surface area contributed by atoms with Crippen LogP contribution in [-0.2, 0) is 28.6 Å². The van der Waals surface area contributed by atoms with Crippen molar-refractivity contribution in [2.45, 2.75) is 118 Å². The number of phenols is 3. The number of hydrogen-bond donors (Lipinski definition) is 8. The molecule has 4 aromatic carbocycles. The molecule has 0 spiro atoms. The first kappa shape index (κ1) is 67.6. The minimum atomic E-state index is -2.16. The SMILES string of the molecule is C=C/C=C\C=C(/C)CCCC(NC(=O)c1ccccc1F)C(=O)Nc1cc(F)ccc1N1CCN(/N=C/c2c3c(O)c4c(O)c(C)c5c(c4c2O)C(=O)[C@@](C)(O/C=C/[C@H](OC)[C@@H](C)[C@@H](OC(C)=O)[C@H](C)[C@H](O)[C@H](C)[C@@H](O)[C@@H](C)/C=C/C=C(/C)C(=O)N3)O5)CC1. The van der Waals surface area contributed by atoms with Crippen LogP contribution in [0.4, 0.5) is 25.8 Å². The van der Waals surface area contributed by atoms with Crippen LogP contribution in [0.2, 0.25) is 0 Å². The van der Waals surface area contributed by atoms with Crippen LogP contribution in [0, 0.1) is 42.2 Å². The number of nitrogens with zero attached hydrogens (tertiary/aromatic N) is 3. The lowest BCUT2D eigenvalue weighted by atomic mass is 9.78. The number of carbonyl (C=O) groups is 5. The summed E-state index contributed by atoms with van der Waals surface area (Å²) in [6.07, 6.45) is 12.6. The molecule has 4 aliphatic heterocycles. The number of ether oxygens (including phenoxy) is 4. The highest BCUT2D eigenvalue weighted by molar-refractivity contribution is 6.24. The van der Waals surface area contributed by atoms with Gasteiger partial charge in [0.05, 0.1) is 83.0 Å². The molecule has 4 heterocycles. The van der Waals surface area contributed by atoms with E-state index in [-0.39, 0.29) is 77.2 Å². The van der Waals surface area contributed by atoms with E-state index in [0.717, 1.165) is 24.0 Å². The number of esters is 1. The standard InChI is InChI=1S/C67H80F2N6O14/c1-12-13-14-19-36(2)20-17-25-48(71-65(84)45-23-15-16-24-47(45)69)66(85)72-49-34-44(68)26-27-50(49)74-29-31-75(32-30-74)70-35-46-55-60(81)53-52(59(46)80)54-62(42(8)58(53)79)89-67(10,63(54)82)87-33-28-51(86-11)39(5)61(88-43(9)76)41(7)57(78)40(6)56(77)37(3)21-18-22-38(4)64(83)73-55/h12-16,18-19,21-24,26-28,33-35,37,39-41,48,51,56-57,61,77-81H,1,17,20,25,29-32H2,2-11H3,(H,71,84)(H,72,85)(H,73,83)/b14-13-,21-18+,33-28+,36-19+,38-22-,70-35+/t37-,39+,40+,41+,48?,51-,56-,57+,61+,67-/m0/s1. The van der Waals surface area contributed by atoms with Gasteiger partial charge in [0.25, 0.3) is 17.6 Å². The second kappa shape index (κ2) is 29.4. The van der Waals surface area contributed by atoms with E-state index >= 15 is 4.39 Å². The van der Waals surface area contributed by atoms with Crippen LogP contribution >= 0.6 is 0 Å². The molecule has 4 aromatic rings. The molecule has 476 valence electrons. The molecule has 1 saturated heterocycles. The Morgan fingerprint density at radius 2 is 1.63 bits per heavy atom. The average Bonchev–Trinajstić information content (AvgIpc) is 1.65. The van der Waals surface area contributed by atoms with Gasteiger partial charge in [-0.2, -0.15) is 5.10 Å². The predicted molar refractivity (Wildman–Crippen MR) is 335 cm³/mol. The number of ketones is 1. The van der Waals surface area contributed by atoms with Crippen molar-refractivity contribution >= 4 is 63.5 Å². The lowest BCUT2D eigenvalue weighted by Crippen LogP contribution is -2.46. The molecular formula is C67H80F2N6O14. The summed E-state index contributed by atoms with van der Waals surface area (Å²) < 4.78 is 53.7. The lowest BCUT2D eigenvalue weighted by molar-refractivity contribution is -0.160. The third-order valence-corrected chi connectivity index (χ3v) is 16.6. The predicted octanol–water partition coefficient (Wildman–Crippen LogP) is 9.78. The number of allylic oxidation sites excluding steroid dienone is 7. The molecule has 0 aromatic heterocycles. The molecule has 8 N–H and O–H groups in total. The number of methoxy groups -OCH3 is 1. The van der Waals surface area contributed by atoms with Gasteiger partial charge in [0.2, 0.25) is 5.91 Å². The first-order valence-electron chi connectivity index (χ1n) is 29.5. The molecule has 1 unspecified atom stereocenters. The van der Waals surface area contributed by atoms with Crippen molar-refractivity contribution in [1.29, 1.82) is 0 Å². The Labute approximate surface area is 516 Å². The zero-order chi connectivity index (χ0) is 65.2. The van der Waals surface area contributed by atoms with Crippen LogP contribution in [-0.4, -0.2) is 136 Å². The van der Waals surface area contributed by atoms with Gasteiger partial charge in [0.15, 0.2) is 5.75 Å². The third-order valence-electron chi connectivity index (χ3n) is 16.6. The molecule has 10 atom stereocenters. The van der Waals surface area contributed by atoms with Crippen molar-refractivity contribution < 1.29 is 77.2 Å². The molecule has 5 bridgehead atoms. The van der Waals surface area contributed by atoms with Crippen molar-refractivity contribution in [3.63, 3.8) is 0 Å². The molecule has 3 amide bonds. The third kappa shape index (κ3) is 15.4. The summed E-state index contributed by atoms with van der Waals surface area (Å²) in [5.41, 5.74) is 0.365. The number of aliphatic hydroxyl groups is 2. The van der Waals surface area contributed by atoms with E-state index in [2.05, 4.69) is 27.6 Å². The fraction of sp³-hybridized carbons (Fsp3) is 0.403. The number of hydrogen-bond acceptors (Lipinski definition) is 17. The number of halogens is 2. The maximum Gasteiger partial charge on any atom is 0.312 e. The summed E-state index contributed by atoms with van der Waals surface area (Å²) in [6, 6.07) is 8.11. The Morgan fingerprint density at radius 3 is 2.30 bits per heavy atom. The van der Waals surface area contributed by atoms with E-state index in [4.69, 9.17) is 18.9 Å². The summed E-state index contributed by atoms with van der Waals surface area (Å²) in [6.45, 7) is 18.6. The van der Waals surface area contributed by atoms with E-state index in [1.165, 1.54) is 89.6 Å². The zero-order valence-electron chi connectivity index (χ0n) is 51.7. The largest absolute Gasteiger partial charge is 0.507 e. The van der Waals surface area contributed by atoms with Crippen LogP contribution in [0.1, 0.15) is 106 Å². The second-order valence-electron chi connectivity index (χ2n) is 23.0. The van der Waals surface area contributed by atoms with Gasteiger partial charge in [0.1, 0.15) is 41.0 Å². The van der Waals surface area contributed by atoms with Gasteiger partial charge < -0.3 is 65.3 Å². The van der Waals surface area contributed by atoms with Crippen molar-refractivity contribution in [3.05, 3.63) is 149 Å². The zero-order valence-corrected chi connectivity index (χ0v) is 51.7. The number of amides is 3. The van der Waals surface area contributed by atoms with Gasteiger partial charge in [-0.25, -0.2) is 8.78 Å². The second-order valence-corrected chi connectivity index (χ2v) is 23.0. The average molecular weight is 1230 g/mol. The number of carbonyl (C=O) groups excluding carboxylic acids is 5. The van der Waals surface area contributed by atoms with Crippen LogP contribution in [0.15, 0.2) is 120 Å². The topological polar surface area (TPSA) is 278 Å². The number of piperazine rings is 1. The number of fused-ring (bicyclic) bond motifs is 14. The summed E-state index contributed by atoms with van der Waals surface area (Å²) in [5, 5.41) is 73.5. The number of aliphatic hydroxyl groups excluding tert-OH is 2. The quantitative estimate of drug-likeness (QED) is 0.0181. The first-order valence-corrected chi connectivity index (χ1v) is 29.5. The van der Waals surface area contributed by atoms with Gasteiger partial charge in [-0.05, 0) is 76.4 Å². The summed E-state index contributed by atoms with van der Waals surface area (Å²) in [7, 11) is 1.41. The maximum atomic E-state index is 15.1. The smallest absolute Gasteiger partial charge is 0.312 e. The van der Waals surface area contributed by atoms with Crippen molar-refractivity contribution in [2.24, 2.45) is 28.8 Å². The molecular weight excluding hydrogens is 1150 g/mol. The molecule has 22 heteroatoms. The Kier molecular flexibility index (Phi) is 22.4. The van der Waals surface area contributed by atoms with Crippen LogP contribution in [0.5, 0.6) is 23.0 Å². The summed E-state index contributed by atoms with van der Waals surface area (Å²) in [4.78, 5) is 70.9. The molecule has 1 fully saturated rings. The van der Waals surface area contributed by atoms with Gasteiger partial charge in [-0.15, -0.1) is 0 Å². The highest BCUT2D eigenvalue weighted by Gasteiger charge is 2.50. The number of phenolic OH excluding ortho intramolecular Hbond substituents is 3. The molecule has 89 heavy (non-hydrogen) atoms. The Bertz CT molecular complexity index is 3540. The summed E-state index contributed by atoms with van der Waals surface area (Å²) >= 11 is 0. The highest BCUT2D eigenvalue weighted by Crippen LogP contribution is 2.55. The van der Waals surface area contributed by atoms with Crippen molar-refractivity contribution in [1.82, 2.24) is 10.3 Å². The van der Waals surface area contributed by atoms with Crippen molar-refractivity contribution in [2.75, 3.05) is 48.8 Å².